The maximum atomic E-state index is 12.8. The Labute approximate surface area is 100.0 Å². The molecule has 1 aliphatic rings. The number of aliphatic hydroxyl groups excluding tert-OH is 1. The molecule has 0 spiro atoms. The summed E-state index contributed by atoms with van der Waals surface area (Å²) >= 11 is 0. The fraction of sp³-hybridized carbons (Fsp3) is 0.273. The first-order valence-corrected chi connectivity index (χ1v) is 5.05. The normalized spacial score (nSPS) is 22.2. The predicted octanol–water partition coefficient (Wildman–Crippen LogP) is 3.44. The van der Waals surface area contributed by atoms with E-state index in [0.29, 0.717) is 0 Å². The SMILES string of the molecule is [N-]=[N+]=NC1C=Cc2c(cccc2C(F)(F)F)C1O. The van der Waals surface area contributed by atoms with Crippen molar-refractivity contribution in [3.8, 4) is 0 Å². The fourth-order valence-corrected chi connectivity index (χ4v) is 1.92. The summed E-state index contributed by atoms with van der Waals surface area (Å²) in [6.07, 6.45) is -3.25. The molecule has 1 aromatic carbocycles. The topological polar surface area (TPSA) is 69.0 Å². The predicted molar refractivity (Wildman–Crippen MR) is 58.4 cm³/mol. The van der Waals surface area contributed by atoms with Crippen molar-refractivity contribution >= 4 is 6.08 Å². The van der Waals surface area contributed by atoms with E-state index in [4.69, 9.17) is 5.53 Å². The largest absolute Gasteiger partial charge is 0.416 e. The van der Waals surface area contributed by atoms with Crippen LogP contribution in [-0.4, -0.2) is 11.1 Å². The van der Waals surface area contributed by atoms with E-state index >= 15 is 0 Å². The van der Waals surface area contributed by atoms with Gasteiger partial charge in [0.15, 0.2) is 0 Å². The highest BCUT2D eigenvalue weighted by Crippen LogP contribution is 2.39. The summed E-state index contributed by atoms with van der Waals surface area (Å²) in [7, 11) is 0. The van der Waals surface area contributed by atoms with Gasteiger partial charge in [0.1, 0.15) is 0 Å². The number of fused-ring (bicyclic) bond motifs is 1. The molecular weight excluding hydrogens is 247 g/mol. The lowest BCUT2D eigenvalue weighted by molar-refractivity contribution is -0.137. The highest BCUT2D eigenvalue weighted by atomic mass is 19.4. The van der Waals surface area contributed by atoms with E-state index in [9.17, 15) is 18.3 Å². The van der Waals surface area contributed by atoms with Gasteiger partial charge in [-0.25, -0.2) is 0 Å². The molecule has 0 radical (unpaired) electrons. The zero-order chi connectivity index (χ0) is 13.3. The standard InChI is InChI=1S/C11H8F3N3O/c12-11(13,14)8-3-1-2-7-6(8)4-5-9(10(7)18)16-17-15/h1-5,9-10,18H. The number of alkyl halides is 3. The van der Waals surface area contributed by atoms with Crippen LogP contribution < -0.4 is 0 Å². The number of hydrogen-bond donors (Lipinski definition) is 1. The minimum atomic E-state index is -4.49. The lowest BCUT2D eigenvalue weighted by Crippen LogP contribution is -2.20. The Balaban J connectivity index is 2.56. The van der Waals surface area contributed by atoms with Crippen molar-refractivity contribution < 1.29 is 18.3 Å². The monoisotopic (exact) mass is 255 g/mol. The zero-order valence-corrected chi connectivity index (χ0v) is 8.96. The van der Waals surface area contributed by atoms with Gasteiger partial charge in [0.25, 0.3) is 0 Å². The Kier molecular flexibility index (Phi) is 3.02. The number of halogens is 3. The van der Waals surface area contributed by atoms with Crippen LogP contribution >= 0.6 is 0 Å². The Hall–Kier alpha value is -1.98. The van der Waals surface area contributed by atoms with Crippen LogP contribution in [0.2, 0.25) is 0 Å². The molecule has 0 aromatic heterocycles. The number of azide groups is 1. The van der Waals surface area contributed by atoms with Crippen LogP contribution in [-0.2, 0) is 6.18 Å². The van der Waals surface area contributed by atoms with Crippen LogP contribution in [0.15, 0.2) is 29.4 Å². The summed E-state index contributed by atoms with van der Waals surface area (Å²) in [5.74, 6) is 0. The molecule has 0 amide bonds. The van der Waals surface area contributed by atoms with Gasteiger partial charge in [0.2, 0.25) is 0 Å². The number of hydrogen-bond acceptors (Lipinski definition) is 2. The Morgan fingerprint density at radius 1 is 1.33 bits per heavy atom. The van der Waals surface area contributed by atoms with Crippen LogP contribution in [0.3, 0.4) is 0 Å². The highest BCUT2D eigenvalue weighted by Gasteiger charge is 2.36. The van der Waals surface area contributed by atoms with Crippen molar-refractivity contribution in [3.05, 3.63) is 51.4 Å². The third kappa shape index (κ3) is 2.05. The summed E-state index contributed by atoms with van der Waals surface area (Å²) in [6.45, 7) is 0. The molecule has 0 fully saturated rings. The van der Waals surface area contributed by atoms with Gasteiger partial charge in [-0.1, -0.05) is 29.4 Å². The van der Waals surface area contributed by atoms with Gasteiger partial charge in [0.05, 0.1) is 17.7 Å². The highest BCUT2D eigenvalue weighted by molar-refractivity contribution is 5.63. The molecule has 2 rings (SSSR count). The summed E-state index contributed by atoms with van der Waals surface area (Å²) in [4.78, 5) is 2.55. The molecule has 18 heavy (non-hydrogen) atoms. The first kappa shape index (κ1) is 12.5. The van der Waals surface area contributed by atoms with Crippen molar-refractivity contribution in [3.63, 3.8) is 0 Å². The summed E-state index contributed by atoms with van der Waals surface area (Å²) in [6, 6.07) is 2.67. The first-order valence-electron chi connectivity index (χ1n) is 5.05. The van der Waals surface area contributed by atoms with Gasteiger partial charge in [-0.15, -0.1) is 0 Å². The van der Waals surface area contributed by atoms with Gasteiger partial charge in [-0.3, -0.25) is 0 Å². The second-order valence-corrected chi connectivity index (χ2v) is 3.81. The average Bonchev–Trinajstić information content (AvgIpc) is 2.31. The van der Waals surface area contributed by atoms with E-state index in [1.54, 1.807) is 0 Å². The summed E-state index contributed by atoms with van der Waals surface area (Å²) in [5.41, 5.74) is 7.52. The number of rotatable bonds is 1. The summed E-state index contributed by atoms with van der Waals surface area (Å²) in [5, 5.41) is 13.2. The Bertz CT molecular complexity index is 547. The molecule has 1 N–H and O–H groups in total. The van der Waals surface area contributed by atoms with Crippen LogP contribution in [0.4, 0.5) is 13.2 Å². The quantitative estimate of drug-likeness (QED) is 0.466. The van der Waals surface area contributed by atoms with E-state index < -0.39 is 23.9 Å². The van der Waals surface area contributed by atoms with E-state index in [1.807, 2.05) is 0 Å². The van der Waals surface area contributed by atoms with Gasteiger partial charge in [-0.2, -0.15) is 13.2 Å². The Morgan fingerprint density at radius 2 is 2.06 bits per heavy atom. The van der Waals surface area contributed by atoms with Gasteiger partial charge in [0, 0.05) is 4.91 Å². The minimum absolute atomic E-state index is 0.0816. The lowest BCUT2D eigenvalue weighted by Gasteiger charge is -2.24. The van der Waals surface area contributed by atoms with E-state index in [2.05, 4.69) is 10.0 Å². The zero-order valence-electron chi connectivity index (χ0n) is 8.96. The summed E-state index contributed by atoms with van der Waals surface area (Å²) < 4.78 is 38.3. The molecule has 0 saturated carbocycles. The number of benzene rings is 1. The molecule has 2 atom stereocenters. The lowest BCUT2D eigenvalue weighted by atomic mass is 9.88. The number of nitrogens with zero attached hydrogens (tertiary/aromatic N) is 3. The second-order valence-electron chi connectivity index (χ2n) is 3.81. The minimum Gasteiger partial charge on any atom is -0.388 e. The molecule has 94 valence electrons. The molecule has 2 unspecified atom stereocenters. The molecule has 7 heteroatoms. The van der Waals surface area contributed by atoms with Gasteiger partial charge >= 0.3 is 6.18 Å². The van der Waals surface area contributed by atoms with Crippen molar-refractivity contribution in [2.45, 2.75) is 18.3 Å². The second kappa shape index (κ2) is 4.36. The molecule has 4 nitrogen and oxygen atoms in total. The maximum absolute atomic E-state index is 12.8. The third-order valence-electron chi connectivity index (χ3n) is 2.73. The van der Waals surface area contributed by atoms with Crippen LogP contribution in [0.1, 0.15) is 22.8 Å². The van der Waals surface area contributed by atoms with Gasteiger partial charge < -0.3 is 5.11 Å². The molecule has 1 aromatic rings. The van der Waals surface area contributed by atoms with E-state index in [1.165, 1.54) is 24.3 Å². The van der Waals surface area contributed by atoms with Crippen molar-refractivity contribution in [2.75, 3.05) is 0 Å². The molecule has 1 aliphatic carbocycles. The average molecular weight is 255 g/mol. The van der Waals surface area contributed by atoms with Crippen LogP contribution in [0.25, 0.3) is 16.5 Å². The smallest absolute Gasteiger partial charge is 0.388 e. The fourth-order valence-electron chi connectivity index (χ4n) is 1.92. The molecule has 0 bridgehead atoms. The third-order valence-corrected chi connectivity index (χ3v) is 2.73. The van der Waals surface area contributed by atoms with Crippen molar-refractivity contribution in [1.29, 1.82) is 0 Å². The van der Waals surface area contributed by atoms with Crippen LogP contribution in [0.5, 0.6) is 0 Å². The number of aliphatic hydroxyl groups is 1. The van der Waals surface area contributed by atoms with Crippen LogP contribution in [0, 0.1) is 0 Å². The van der Waals surface area contributed by atoms with Crippen molar-refractivity contribution in [1.82, 2.24) is 0 Å². The molecule has 0 aliphatic heterocycles. The van der Waals surface area contributed by atoms with Crippen molar-refractivity contribution in [2.24, 2.45) is 5.11 Å². The first-order chi connectivity index (χ1) is 8.45. The maximum Gasteiger partial charge on any atom is 0.416 e. The Morgan fingerprint density at radius 3 is 2.67 bits per heavy atom. The van der Waals surface area contributed by atoms with E-state index in [0.717, 1.165) is 6.07 Å². The molecular formula is C11H8F3N3O. The van der Waals surface area contributed by atoms with E-state index in [-0.39, 0.29) is 11.1 Å². The molecule has 0 saturated heterocycles. The van der Waals surface area contributed by atoms with Gasteiger partial charge in [-0.05, 0) is 22.7 Å². The molecule has 0 heterocycles.